The van der Waals surface area contributed by atoms with Crippen molar-refractivity contribution in [2.24, 2.45) is 0 Å². The Hall–Kier alpha value is -1.02. The SMILES string of the molecule is O=C1CCC=C1CSc1ccccc1. The zero-order valence-corrected chi connectivity index (χ0v) is 8.72. The van der Waals surface area contributed by atoms with E-state index < -0.39 is 0 Å². The van der Waals surface area contributed by atoms with E-state index in [9.17, 15) is 4.79 Å². The Kier molecular flexibility index (Phi) is 3.04. The highest BCUT2D eigenvalue weighted by Crippen LogP contribution is 2.24. The van der Waals surface area contributed by atoms with E-state index in [-0.39, 0.29) is 0 Å². The Labute approximate surface area is 88.2 Å². The van der Waals surface area contributed by atoms with Crippen LogP contribution in [-0.4, -0.2) is 11.5 Å². The molecule has 1 aromatic rings. The maximum absolute atomic E-state index is 11.3. The Bertz CT molecular complexity index is 354. The van der Waals surface area contributed by atoms with Gasteiger partial charge in [-0.1, -0.05) is 24.3 Å². The van der Waals surface area contributed by atoms with E-state index in [4.69, 9.17) is 0 Å². The fourth-order valence-corrected chi connectivity index (χ4v) is 2.42. The molecule has 0 spiro atoms. The Balaban J connectivity index is 1.92. The highest BCUT2D eigenvalue weighted by atomic mass is 32.2. The quantitative estimate of drug-likeness (QED) is 0.704. The smallest absolute Gasteiger partial charge is 0.159 e. The van der Waals surface area contributed by atoms with E-state index in [2.05, 4.69) is 18.2 Å². The molecule has 0 radical (unpaired) electrons. The number of ketones is 1. The van der Waals surface area contributed by atoms with Crippen LogP contribution in [0.2, 0.25) is 0 Å². The van der Waals surface area contributed by atoms with Crippen molar-refractivity contribution in [2.75, 3.05) is 5.75 Å². The van der Waals surface area contributed by atoms with Crippen molar-refractivity contribution in [3.05, 3.63) is 42.0 Å². The van der Waals surface area contributed by atoms with Crippen molar-refractivity contribution in [1.82, 2.24) is 0 Å². The molecule has 0 aromatic heterocycles. The molecule has 1 aromatic carbocycles. The van der Waals surface area contributed by atoms with Crippen molar-refractivity contribution in [3.63, 3.8) is 0 Å². The third kappa shape index (κ3) is 2.26. The summed E-state index contributed by atoms with van der Waals surface area (Å²) in [6, 6.07) is 10.2. The predicted octanol–water partition coefficient (Wildman–Crippen LogP) is 3.07. The van der Waals surface area contributed by atoms with Crippen LogP contribution in [0.5, 0.6) is 0 Å². The molecule has 1 aliphatic rings. The highest BCUT2D eigenvalue weighted by molar-refractivity contribution is 7.99. The maximum Gasteiger partial charge on any atom is 0.159 e. The number of hydrogen-bond acceptors (Lipinski definition) is 2. The van der Waals surface area contributed by atoms with E-state index in [1.165, 1.54) is 4.90 Å². The van der Waals surface area contributed by atoms with Gasteiger partial charge in [-0.3, -0.25) is 4.79 Å². The standard InChI is InChI=1S/C12H12OS/c13-12-8-4-5-10(12)9-14-11-6-2-1-3-7-11/h1-3,5-7H,4,8-9H2. The van der Waals surface area contributed by atoms with Gasteiger partial charge in [0.15, 0.2) is 5.78 Å². The molecule has 0 aliphatic heterocycles. The van der Waals surface area contributed by atoms with Crippen molar-refractivity contribution in [3.8, 4) is 0 Å². The second-order valence-corrected chi connectivity index (χ2v) is 4.34. The van der Waals surface area contributed by atoms with Crippen LogP contribution in [0.25, 0.3) is 0 Å². The number of thioether (sulfide) groups is 1. The summed E-state index contributed by atoms with van der Waals surface area (Å²) >= 11 is 1.73. The van der Waals surface area contributed by atoms with Gasteiger partial charge in [0, 0.05) is 22.6 Å². The molecule has 2 rings (SSSR count). The third-order valence-corrected chi connectivity index (χ3v) is 3.32. The van der Waals surface area contributed by atoms with Crippen molar-refractivity contribution >= 4 is 17.5 Å². The third-order valence-electron chi connectivity index (χ3n) is 2.26. The van der Waals surface area contributed by atoms with Crippen LogP contribution in [0.15, 0.2) is 46.9 Å². The molecule has 1 nitrogen and oxygen atoms in total. The molecular weight excluding hydrogens is 192 g/mol. The zero-order valence-electron chi connectivity index (χ0n) is 7.90. The van der Waals surface area contributed by atoms with Crippen LogP contribution in [0.1, 0.15) is 12.8 Å². The fourth-order valence-electron chi connectivity index (χ4n) is 1.47. The first-order valence-corrected chi connectivity index (χ1v) is 5.75. The van der Waals surface area contributed by atoms with E-state index in [0.29, 0.717) is 12.2 Å². The van der Waals surface area contributed by atoms with Gasteiger partial charge < -0.3 is 0 Å². The predicted molar refractivity (Wildman–Crippen MR) is 59.5 cm³/mol. The van der Waals surface area contributed by atoms with E-state index >= 15 is 0 Å². The Morgan fingerprint density at radius 1 is 1.21 bits per heavy atom. The summed E-state index contributed by atoms with van der Waals surface area (Å²) < 4.78 is 0. The molecular formula is C12H12OS. The lowest BCUT2D eigenvalue weighted by atomic mass is 10.2. The number of Topliss-reactive ketones (excluding diaryl/α,β-unsaturated/α-hetero) is 1. The second kappa shape index (κ2) is 4.47. The normalized spacial score (nSPS) is 15.7. The summed E-state index contributed by atoms with van der Waals surface area (Å²) in [6.07, 6.45) is 3.71. The first kappa shape index (κ1) is 9.53. The summed E-state index contributed by atoms with van der Waals surface area (Å²) in [5.74, 6) is 1.15. The summed E-state index contributed by atoms with van der Waals surface area (Å²) in [6.45, 7) is 0. The Morgan fingerprint density at radius 3 is 2.64 bits per heavy atom. The summed E-state index contributed by atoms with van der Waals surface area (Å²) in [4.78, 5) is 12.5. The minimum atomic E-state index is 0.327. The molecule has 0 amide bonds. The molecule has 0 heterocycles. The lowest BCUT2D eigenvalue weighted by Gasteiger charge is -2.00. The molecule has 0 bridgehead atoms. The van der Waals surface area contributed by atoms with Crippen molar-refractivity contribution in [2.45, 2.75) is 17.7 Å². The summed E-state index contributed by atoms with van der Waals surface area (Å²) in [7, 11) is 0. The van der Waals surface area contributed by atoms with E-state index in [1.54, 1.807) is 11.8 Å². The molecule has 72 valence electrons. The number of hydrogen-bond donors (Lipinski definition) is 0. The first-order valence-electron chi connectivity index (χ1n) is 4.76. The molecule has 0 atom stereocenters. The molecule has 0 N–H and O–H groups in total. The monoisotopic (exact) mass is 204 g/mol. The van der Waals surface area contributed by atoms with Crippen LogP contribution in [-0.2, 0) is 4.79 Å². The van der Waals surface area contributed by atoms with Gasteiger partial charge in [0.2, 0.25) is 0 Å². The number of carbonyl (C=O) groups excluding carboxylic acids is 1. The first-order chi connectivity index (χ1) is 6.86. The molecule has 14 heavy (non-hydrogen) atoms. The van der Waals surface area contributed by atoms with Gasteiger partial charge in [-0.25, -0.2) is 0 Å². The van der Waals surface area contributed by atoms with Gasteiger partial charge >= 0.3 is 0 Å². The van der Waals surface area contributed by atoms with Gasteiger partial charge in [0.25, 0.3) is 0 Å². The highest BCUT2D eigenvalue weighted by Gasteiger charge is 2.14. The lowest BCUT2D eigenvalue weighted by Crippen LogP contribution is -1.97. The summed E-state index contributed by atoms with van der Waals surface area (Å²) in [5, 5.41) is 0. The Morgan fingerprint density at radius 2 is 2.00 bits per heavy atom. The topological polar surface area (TPSA) is 17.1 Å². The molecule has 0 fully saturated rings. The minimum absolute atomic E-state index is 0.327. The average molecular weight is 204 g/mol. The van der Waals surface area contributed by atoms with Crippen LogP contribution >= 0.6 is 11.8 Å². The molecule has 0 saturated carbocycles. The van der Waals surface area contributed by atoms with Crippen LogP contribution < -0.4 is 0 Å². The summed E-state index contributed by atoms with van der Waals surface area (Å²) in [5.41, 5.74) is 0.999. The van der Waals surface area contributed by atoms with E-state index in [1.807, 2.05) is 18.2 Å². The van der Waals surface area contributed by atoms with Crippen LogP contribution in [0.4, 0.5) is 0 Å². The lowest BCUT2D eigenvalue weighted by molar-refractivity contribution is -0.114. The molecule has 2 heteroatoms. The van der Waals surface area contributed by atoms with Crippen LogP contribution in [0.3, 0.4) is 0 Å². The second-order valence-electron chi connectivity index (χ2n) is 3.29. The molecule has 1 aliphatic carbocycles. The minimum Gasteiger partial charge on any atom is -0.295 e. The van der Waals surface area contributed by atoms with Gasteiger partial charge in [0.05, 0.1) is 0 Å². The average Bonchev–Trinajstić information content (AvgIpc) is 2.63. The number of benzene rings is 1. The molecule has 0 unspecified atom stereocenters. The van der Waals surface area contributed by atoms with Gasteiger partial charge in [-0.2, -0.15) is 0 Å². The largest absolute Gasteiger partial charge is 0.295 e. The fraction of sp³-hybridized carbons (Fsp3) is 0.250. The maximum atomic E-state index is 11.3. The number of allylic oxidation sites excluding steroid dienone is 1. The van der Waals surface area contributed by atoms with E-state index in [0.717, 1.165) is 17.7 Å². The van der Waals surface area contributed by atoms with Gasteiger partial charge in [-0.15, -0.1) is 11.8 Å². The van der Waals surface area contributed by atoms with Crippen molar-refractivity contribution < 1.29 is 4.79 Å². The number of rotatable bonds is 3. The van der Waals surface area contributed by atoms with Crippen LogP contribution in [0, 0.1) is 0 Å². The van der Waals surface area contributed by atoms with Crippen molar-refractivity contribution in [1.29, 1.82) is 0 Å². The van der Waals surface area contributed by atoms with Gasteiger partial charge in [-0.05, 0) is 18.6 Å². The zero-order chi connectivity index (χ0) is 9.80. The van der Waals surface area contributed by atoms with Gasteiger partial charge in [0.1, 0.15) is 0 Å². The molecule has 0 saturated heterocycles. The number of carbonyl (C=O) groups is 1.